The maximum Gasteiger partial charge on any atom is 0.0241 e. The summed E-state index contributed by atoms with van der Waals surface area (Å²) >= 11 is 2.06. The first-order valence-electron chi connectivity index (χ1n) is 3.49. The van der Waals surface area contributed by atoms with Gasteiger partial charge in [0.1, 0.15) is 0 Å². The average Bonchev–Trinajstić information content (AvgIpc) is 1.77. The molecule has 1 heterocycles. The summed E-state index contributed by atoms with van der Waals surface area (Å²) < 4.78 is 0. The Kier molecular flexibility index (Phi) is 2.07. The lowest BCUT2D eigenvalue weighted by atomic mass is 10.0. The Balaban J connectivity index is 2.49. The molecular weight excluding hydrogens is 130 g/mol. The Hall–Kier alpha value is 0.310. The maximum atomic E-state index is 3.49. The molecule has 0 aromatic heterocycles. The monoisotopic (exact) mass is 145 g/mol. The lowest BCUT2D eigenvalue weighted by molar-refractivity contribution is 0.387. The van der Waals surface area contributed by atoms with Gasteiger partial charge in [-0.25, -0.2) is 0 Å². The van der Waals surface area contributed by atoms with Gasteiger partial charge in [0.2, 0.25) is 0 Å². The van der Waals surface area contributed by atoms with Crippen LogP contribution in [-0.2, 0) is 0 Å². The van der Waals surface area contributed by atoms with E-state index in [1.807, 2.05) is 0 Å². The molecule has 0 spiro atoms. The topological polar surface area (TPSA) is 12.0 Å². The Labute approximate surface area is 61.6 Å². The predicted octanol–water partition coefficient (Wildman–Crippen LogP) is 1.49. The van der Waals surface area contributed by atoms with Crippen LogP contribution in [0.3, 0.4) is 0 Å². The standard InChI is InChI=1S/C7H15NS/c1-6-7(2,3)8-4-5-9-6/h6,8H,4-5H2,1-3H3. The third kappa shape index (κ3) is 1.62. The molecule has 1 aliphatic heterocycles. The van der Waals surface area contributed by atoms with Crippen molar-refractivity contribution in [2.75, 3.05) is 12.3 Å². The van der Waals surface area contributed by atoms with Gasteiger partial charge in [-0.2, -0.15) is 11.8 Å². The van der Waals surface area contributed by atoms with E-state index in [1.54, 1.807) is 0 Å². The summed E-state index contributed by atoms with van der Waals surface area (Å²) in [7, 11) is 0. The molecule has 54 valence electrons. The van der Waals surface area contributed by atoms with Gasteiger partial charge in [-0.15, -0.1) is 0 Å². The summed E-state index contributed by atoms with van der Waals surface area (Å²) in [6.07, 6.45) is 0. The highest BCUT2D eigenvalue weighted by atomic mass is 32.2. The maximum absolute atomic E-state index is 3.49. The summed E-state index contributed by atoms with van der Waals surface area (Å²) in [6, 6.07) is 0. The Morgan fingerprint density at radius 2 is 2.22 bits per heavy atom. The van der Waals surface area contributed by atoms with Gasteiger partial charge >= 0.3 is 0 Å². The SMILES string of the molecule is CC1SCCNC1(C)C. The third-order valence-electron chi connectivity index (χ3n) is 2.07. The Morgan fingerprint density at radius 1 is 1.56 bits per heavy atom. The van der Waals surface area contributed by atoms with Gasteiger partial charge in [-0.3, -0.25) is 0 Å². The molecule has 1 N–H and O–H groups in total. The van der Waals surface area contributed by atoms with Crippen LogP contribution >= 0.6 is 11.8 Å². The lowest BCUT2D eigenvalue weighted by Gasteiger charge is -2.36. The minimum Gasteiger partial charge on any atom is -0.310 e. The van der Waals surface area contributed by atoms with Crippen LogP contribution in [0.5, 0.6) is 0 Å². The molecule has 1 aliphatic rings. The summed E-state index contributed by atoms with van der Waals surface area (Å²) in [6.45, 7) is 7.99. The van der Waals surface area contributed by atoms with Crippen LogP contribution in [0.4, 0.5) is 0 Å². The zero-order valence-electron chi connectivity index (χ0n) is 6.40. The molecule has 1 atom stereocenters. The lowest BCUT2D eigenvalue weighted by Crippen LogP contribution is -2.51. The number of nitrogens with one attached hydrogen (secondary N) is 1. The summed E-state index contributed by atoms with van der Waals surface area (Å²) in [4.78, 5) is 0. The minimum absolute atomic E-state index is 0.350. The molecule has 1 fully saturated rings. The van der Waals surface area contributed by atoms with Gasteiger partial charge in [0.25, 0.3) is 0 Å². The van der Waals surface area contributed by atoms with Crippen LogP contribution in [-0.4, -0.2) is 23.1 Å². The number of hydrogen-bond acceptors (Lipinski definition) is 2. The first-order chi connectivity index (χ1) is 4.13. The second-order valence-electron chi connectivity index (χ2n) is 3.16. The van der Waals surface area contributed by atoms with Crippen LogP contribution in [0, 0.1) is 0 Å². The second-order valence-corrected chi connectivity index (χ2v) is 4.61. The van der Waals surface area contributed by atoms with Crippen LogP contribution in [0.15, 0.2) is 0 Å². The van der Waals surface area contributed by atoms with Crippen LogP contribution < -0.4 is 5.32 Å². The Bertz CT molecular complexity index is 101. The van der Waals surface area contributed by atoms with Crippen molar-refractivity contribution in [3.63, 3.8) is 0 Å². The van der Waals surface area contributed by atoms with E-state index in [1.165, 1.54) is 12.3 Å². The molecule has 0 radical (unpaired) electrons. The first-order valence-corrected chi connectivity index (χ1v) is 4.54. The van der Waals surface area contributed by atoms with E-state index in [0.29, 0.717) is 5.54 Å². The number of rotatable bonds is 0. The fourth-order valence-corrected chi connectivity index (χ4v) is 2.03. The molecular formula is C7H15NS. The van der Waals surface area contributed by atoms with Gasteiger partial charge in [0.05, 0.1) is 0 Å². The van der Waals surface area contributed by atoms with Gasteiger partial charge < -0.3 is 5.32 Å². The molecule has 0 aromatic carbocycles. The van der Waals surface area contributed by atoms with Crippen LogP contribution in [0.2, 0.25) is 0 Å². The predicted molar refractivity (Wildman–Crippen MR) is 44.0 cm³/mol. The highest BCUT2D eigenvalue weighted by molar-refractivity contribution is 8.00. The number of hydrogen-bond donors (Lipinski definition) is 1. The summed E-state index contributed by atoms with van der Waals surface area (Å²) in [5.41, 5.74) is 0.350. The second kappa shape index (κ2) is 2.51. The smallest absolute Gasteiger partial charge is 0.0241 e. The van der Waals surface area contributed by atoms with Crippen molar-refractivity contribution in [3.8, 4) is 0 Å². The van der Waals surface area contributed by atoms with E-state index in [-0.39, 0.29) is 0 Å². The van der Waals surface area contributed by atoms with Crippen molar-refractivity contribution < 1.29 is 0 Å². The molecule has 0 amide bonds. The Morgan fingerprint density at radius 3 is 2.56 bits per heavy atom. The molecule has 0 aromatic rings. The molecule has 2 heteroatoms. The van der Waals surface area contributed by atoms with Crippen molar-refractivity contribution in [2.24, 2.45) is 0 Å². The van der Waals surface area contributed by atoms with E-state index in [0.717, 1.165) is 5.25 Å². The first kappa shape index (κ1) is 7.42. The van der Waals surface area contributed by atoms with Gasteiger partial charge in [-0.1, -0.05) is 6.92 Å². The summed E-state index contributed by atoms with van der Waals surface area (Å²) in [5.74, 6) is 1.27. The van der Waals surface area contributed by atoms with Crippen molar-refractivity contribution in [3.05, 3.63) is 0 Å². The fraction of sp³-hybridized carbons (Fsp3) is 1.00. The highest BCUT2D eigenvalue weighted by Gasteiger charge is 2.28. The number of thioether (sulfide) groups is 1. The highest BCUT2D eigenvalue weighted by Crippen LogP contribution is 2.25. The van der Waals surface area contributed by atoms with E-state index in [4.69, 9.17) is 0 Å². The van der Waals surface area contributed by atoms with Crippen molar-refractivity contribution in [2.45, 2.75) is 31.6 Å². The normalized spacial score (nSPS) is 34.3. The van der Waals surface area contributed by atoms with E-state index >= 15 is 0 Å². The van der Waals surface area contributed by atoms with E-state index in [9.17, 15) is 0 Å². The van der Waals surface area contributed by atoms with Gasteiger partial charge in [-0.05, 0) is 13.8 Å². The molecule has 0 aliphatic carbocycles. The third-order valence-corrected chi connectivity index (χ3v) is 3.60. The molecule has 1 rings (SSSR count). The molecule has 9 heavy (non-hydrogen) atoms. The van der Waals surface area contributed by atoms with E-state index < -0.39 is 0 Å². The van der Waals surface area contributed by atoms with Gasteiger partial charge in [0, 0.05) is 23.1 Å². The van der Waals surface area contributed by atoms with Crippen molar-refractivity contribution in [1.82, 2.24) is 5.32 Å². The van der Waals surface area contributed by atoms with Gasteiger partial charge in [0.15, 0.2) is 0 Å². The minimum atomic E-state index is 0.350. The molecule has 0 bridgehead atoms. The molecule has 1 unspecified atom stereocenters. The molecule has 1 nitrogen and oxygen atoms in total. The van der Waals surface area contributed by atoms with Crippen molar-refractivity contribution >= 4 is 11.8 Å². The largest absolute Gasteiger partial charge is 0.310 e. The van der Waals surface area contributed by atoms with Crippen LogP contribution in [0.1, 0.15) is 20.8 Å². The fourth-order valence-electron chi connectivity index (χ4n) is 0.961. The zero-order chi connectivity index (χ0) is 6.91. The zero-order valence-corrected chi connectivity index (χ0v) is 7.22. The van der Waals surface area contributed by atoms with Crippen molar-refractivity contribution in [1.29, 1.82) is 0 Å². The van der Waals surface area contributed by atoms with Crippen LogP contribution in [0.25, 0.3) is 0 Å². The van der Waals surface area contributed by atoms with E-state index in [2.05, 4.69) is 37.8 Å². The average molecular weight is 145 g/mol. The molecule has 1 saturated heterocycles. The molecule has 0 saturated carbocycles. The summed E-state index contributed by atoms with van der Waals surface area (Å²) in [5, 5.41) is 4.24. The quantitative estimate of drug-likeness (QED) is 0.554.